The lowest BCUT2D eigenvalue weighted by Gasteiger charge is -2.20. The van der Waals surface area contributed by atoms with Crippen molar-refractivity contribution in [3.63, 3.8) is 0 Å². The number of nitrogens with two attached hydrogens (primary N) is 1. The van der Waals surface area contributed by atoms with Crippen LogP contribution in [0.25, 0.3) is 0 Å². The third kappa shape index (κ3) is 2.49. The molecule has 0 bridgehead atoms. The van der Waals surface area contributed by atoms with E-state index in [1.807, 2.05) is 4.90 Å². The molecule has 1 aromatic carbocycles. The molecule has 1 fully saturated rings. The normalized spacial score (nSPS) is 19.4. The predicted octanol–water partition coefficient (Wildman–Crippen LogP) is 1.12. The van der Waals surface area contributed by atoms with E-state index < -0.39 is 5.82 Å². The molecule has 3 N–H and O–H groups in total. The van der Waals surface area contributed by atoms with Crippen molar-refractivity contribution in [2.24, 2.45) is 0 Å². The van der Waals surface area contributed by atoms with E-state index in [4.69, 9.17) is 5.73 Å². The van der Waals surface area contributed by atoms with Gasteiger partial charge in [0, 0.05) is 26.1 Å². The van der Waals surface area contributed by atoms with Gasteiger partial charge in [-0.1, -0.05) is 6.07 Å². The van der Waals surface area contributed by atoms with Crippen molar-refractivity contribution in [1.29, 1.82) is 0 Å². The minimum atomic E-state index is -0.398. The second-order valence-corrected chi connectivity index (χ2v) is 4.30. The zero-order valence-corrected chi connectivity index (χ0v) is 9.74. The number of benzene rings is 1. The molecule has 5 heteroatoms. The van der Waals surface area contributed by atoms with Crippen molar-refractivity contribution in [3.8, 4) is 0 Å². The van der Waals surface area contributed by atoms with Crippen molar-refractivity contribution >= 4 is 17.3 Å². The largest absolute Gasteiger partial charge is 0.395 e. The molecule has 1 atom stereocenters. The maximum atomic E-state index is 13.3. The maximum absolute atomic E-state index is 13.3. The molecular formula is C12H16FN3O. The van der Waals surface area contributed by atoms with Gasteiger partial charge in [-0.3, -0.25) is 4.79 Å². The monoisotopic (exact) mass is 237 g/mol. The second kappa shape index (κ2) is 4.61. The van der Waals surface area contributed by atoms with E-state index in [0.29, 0.717) is 12.2 Å². The van der Waals surface area contributed by atoms with Gasteiger partial charge in [0.15, 0.2) is 0 Å². The lowest BCUT2D eigenvalue weighted by Crippen LogP contribution is -2.35. The molecule has 1 aliphatic rings. The van der Waals surface area contributed by atoms with Crippen LogP contribution in [0.1, 0.15) is 13.3 Å². The van der Waals surface area contributed by atoms with Crippen LogP contribution in [0.3, 0.4) is 0 Å². The number of halogens is 1. The van der Waals surface area contributed by atoms with E-state index in [1.54, 1.807) is 12.1 Å². The van der Waals surface area contributed by atoms with Gasteiger partial charge < -0.3 is 16.0 Å². The highest BCUT2D eigenvalue weighted by molar-refractivity contribution is 5.74. The van der Waals surface area contributed by atoms with Gasteiger partial charge in [-0.25, -0.2) is 4.39 Å². The van der Waals surface area contributed by atoms with Crippen LogP contribution < -0.4 is 16.0 Å². The highest BCUT2D eigenvalue weighted by Crippen LogP contribution is 2.28. The number of nitrogen functional groups attached to an aromatic ring is 1. The summed E-state index contributed by atoms with van der Waals surface area (Å²) in [6, 6.07) is 4.91. The van der Waals surface area contributed by atoms with Crippen LogP contribution in [-0.2, 0) is 4.79 Å². The number of nitrogens with one attached hydrogen (secondary N) is 1. The highest BCUT2D eigenvalue weighted by atomic mass is 19.1. The van der Waals surface area contributed by atoms with Gasteiger partial charge in [0.25, 0.3) is 0 Å². The molecule has 0 saturated carbocycles. The molecule has 17 heavy (non-hydrogen) atoms. The van der Waals surface area contributed by atoms with Crippen LogP contribution in [-0.4, -0.2) is 25.0 Å². The van der Waals surface area contributed by atoms with Gasteiger partial charge in [0.2, 0.25) is 5.91 Å². The first-order valence-electron chi connectivity index (χ1n) is 5.64. The summed E-state index contributed by atoms with van der Waals surface area (Å²) in [5.74, 6) is -0.436. The Morgan fingerprint density at radius 1 is 1.59 bits per heavy atom. The number of hydrogen-bond acceptors (Lipinski definition) is 3. The SMILES string of the molecule is CC(=O)NC1CCN(c2cccc(F)c2N)C1. The van der Waals surface area contributed by atoms with Gasteiger partial charge in [-0.2, -0.15) is 0 Å². The average Bonchev–Trinajstić information content (AvgIpc) is 2.69. The molecule has 1 amide bonds. The highest BCUT2D eigenvalue weighted by Gasteiger charge is 2.24. The standard InChI is InChI=1S/C12H16FN3O/c1-8(17)15-9-5-6-16(7-9)11-4-2-3-10(13)12(11)14/h2-4,9H,5-7,14H2,1H3,(H,15,17). The van der Waals surface area contributed by atoms with Gasteiger partial charge in [0.05, 0.1) is 11.4 Å². The molecule has 4 nitrogen and oxygen atoms in total. The second-order valence-electron chi connectivity index (χ2n) is 4.30. The molecule has 0 radical (unpaired) electrons. The molecule has 1 aromatic rings. The zero-order chi connectivity index (χ0) is 12.4. The van der Waals surface area contributed by atoms with Crippen LogP contribution in [0.4, 0.5) is 15.8 Å². The number of rotatable bonds is 2. The summed E-state index contributed by atoms with van der Waals surface area (Å²) in [5, 5.41) is 2.86. The topological polar surface area (TPSA) is 58.4 Å². The third-order valence-electron chi connectivity index (χ3n) is 2.97. The van der Waals surface area contributed by atoms with Crippen LogP contribution >= 0.6 is 0 Å². The first kappa shape index (κ1) is 11.7. The molecular weight excluding hydrogens is 221 g/mol. The van der Waals surface area contributed by atoms with Gasteiger partial charge in [-0.15, -0.1) is 0 Å². The Kier molecular flexibility index (Phi) is 3.17. The number of carbonyl (C=O) groups excluding carboxylic acids is 1. The van der Waals surface area contributed by atoms with E-state index >= 15 is 0 Å². The van der Waals surface area contributed by atoms with Crippen molar-refractivity contribution in [1.82, 2.24) is 5.32 Å². The summed E-state index contributed by atoms with van der Waals surface area (Å²) >= 11 is 0. The number of carbonyl (C=O) groups is 1. The number of para-hydroxylation sites is 1. The Labute approximate surface area is 99.6 Å². The molecule has 1 unspecified atom stereocenters. The van der Waals surface area contributed by atoms with E-state index in [0.717, 1.165) is 13.0 Å². The summed E-state index contributed by atoms with van der Waals surface area (Å²) in [5.41, 5.74) is 6.59. The summed E-state index contributed by atoms with van der Waals surface area (Å²) in [7, 11) is 0. The molecule has 0 aromatic heterocycles. The van der Waals surface area contributed by atoms with E-state index in [2.05, 4.69) is 5.32 Å². The van der Waals surface area contributed by atoms with E-state index in [1.165, 1.54) is 13.0 Å². The first-order valence-corrected chi connectivity index (χ1v) is 5.64. The van der Waals surface area contributed by atoms with E-state index in [-0.39, 0.29) is 17.6 Å². The molecule has 92 valence electrons. The maximum Gasteiger partial charge on any atom is 0.217 e. The van der Waals surface area contributed by atoms with Gasteiger partial charge in [-0.05, 0) is 18.6 Å². The Morgan fingerprint density at radius 2 is 2.35 bits per heavy atom. The first-order chi connectivity index (χ1) is 8.08. The van der Waals surface area contributed by atoms with Crippen molar-refractivity contribution in [3.05, 3.63) is 24.0 Å². The van der Waals surface area contributed by atoms with E-state index in [9.17, 15) is 9.18 Å². The molecule has 1 saturated heterocycles. The summed E-state index contributed by atoms with van der Waals surface area (Å²) in [4.78, 5) is 12.9. The quantitative estimate of drug-likeness (QED) is 0.758. The van der Waals surface area contributed by atoms with Crippen LogP contribution in [0.15, 0.2) is 18.2 Å². The lowest BCUT2D eigenvalue weighted by atomic mass is 10.2. The summed E-state index contributed by atoms with van der Waals surface area (Å²) in [6.07, 6.45) is 0.857. The fourth-order valence-electron chi connectivity index (χ4n) is 2.19. The average molecular weight is 237 g/mol. The Hall–Kier alpha value is -1.78. The third-order valence-corrected chi connectivity index (χ3v) is 2.97. The number of hydrogen-bond donors (Lipinski definition) is 2. The van der Waals surface area contributed by atoms with Gasteiger partial charge in [0.1, 0.15) is 5.82 Å². The Morgan fingerprint density at radius 3 is 3.06 bits per heavy atom. The van der Waals surface area contributed by atoms with Crippen LogP contribution in [0.5, 0.6) is 0 Å². The zero-order valence-electron chi connectivity index (χ0n) is 9.74. The molecule has 0 aliphatic carbocycles. The molecule has 2 rings (SSSR count). The van der Waals surface area contributed by atoms with Crippen LogP contribution in [0.2, 0.25) is 0 Å². The Bertz CT molecular complexity index is 436. The molecule has 0 spiro atoms. The lowest BCUT2D eigenvalue weighted by molar-refractivity contribution is -0.119. The van der Waals surface area contributed by atoms with Crippen molar-refractivity contribution in [2.45, 2.75) is 19.4 Å². The molecule has 1 heterocycles. The fraction of sp³-hybridized carbons (Fsp3) is 0.417. The molecule has 1 aliphatic heterocycles. The van der Waals surface area contributed by atoms with Crippen LogP contribution in [0, 0.1) is 5.82 Å². The van der Waals surface area contributed by atoms with Crippen molar-refractivity contribution in [2.75, 3.05) is 23.7 Å². The number of nitrogens with zero attached hydrogens (tertiary/aromatic N) is 1. The summed E-state index contributed by atoms with van der Waals surface area (Å²) in [6.45, 7) is 2.95. The summed E-state index contributed by atoms with van der Waals surface area (Å²) < 4.78 is 13.3. The van der Waals surface area contributed by atoms with Gasteiger partial charge >= 0.3 is 0 Å². The minimum absolute atomic E-state index is 0.0379. The minimum Gasteiger partial charge on any atom is -0.395 e. The smallest absolute Gasteiger partial charge is 0.217 e. The van der Waals surface area contributed by atoms with Crippen molar-refractivity contribution < 1.29 is 9.18 Å². The predicted molar refractivity (Wildman–Crippen MR) is 65.2 cm³/mol. The number of amides is 1. The number of anilines is 2. The Balaban J connectivity index is 2.10. The fourth-order valence-corrected chi connectivity index (χ4v) is 2.19.